The lowest BCUT2D eigenvalue weighted by Gasteiger charge is -1.74. The molecule has 4 heteroatoms. The number of aliphatic hydroxyl groups is 1. The smallest absolute Gasteiger partial charge is 0.335 e. The zero-order valence-corrected chi connectivity index (χ0v) is 3.29. The summed E-state index contributed by atoms with van der Waals surface area (Å²) < 4.78 is 0. The van der Waals surface area contributed by atoms with Crippen LogP contribution in [0.1, 0.15) is 0 Å². The van der Waals surface area contributed by atoms with Crippen molar-refractivity contribution in [2.45, 2.75) is 0 Å². The molecule has 0 saturated heterocycles. The van der Waals surface area contributed by atoms with Gasteiger partial charge in [0.2, 0.25) is 0 Å². The molecule has 4 nitrogen and oxygen atoms in total. The molecule has 0 unspecified atom stereocenters. The van der Waals surface area contributed by atoms with Gasteiger partial charge in [0.25, 0.3) is 0 Å². The molecule has 0 rings (SSSR count). The first-order chi connectivity index (χ1) is 3.13. The number of aliphatic carboxylic acids is 1. The van der Waals surface area contributed by atoms with Gasteiger partial charge in [-0.05, 0) is 0 Å². The van der Waals surface area contributed by atoms with Crippen molar-refractivity contribution >= 4 is 5.97 Å². The van der Waals surface area contributed by atoms with Gasteiger partial charge in [0, 0.05) is 0 Å². The fourth-order valence-electron chi connectivity index (χ4n) is 0.106. The topological polar surface area (TPSA) is 77.4 Å². The molecule has 0 atom stereocenters. The fourth-order valence-corrected chi connectivity index (χ4v) is 0.106. The van der Waals surface area contributed by atoms with E-state index in [1.165, 1.54) is 0 Å². The molecule has 0 amide bonds. The van der Waals surface area contributed by atoms with E-state index in [1.54, 1.807) is 0 Å². The Kier molecular flexibility index (Phi) is 1.72. The van der Waals surface area contributed by atoms with Crippen molar-refractivity contribution in [1.82, 2.24) is 0 Å². The van der Waals surface area contributed by atoms with E-state index in [0.717, 1.165) is 0 Å². The van der Waals surface area contributed by atoms with Gasteiger partial charge in [-0.15, -0.1) is 0 Å². The second-order valence-electron chi connectivity index (χ2n) is 0.821. The van der Waals surface area contributed by atoms with Crippen LogP contribution in [0.25, 0.3) is 0 Å². The number of hydrogen-bond acceptors (Lipinski definition) is 2. The van der Waals surface area contributed by atoms with Crippen molar-refractivity contribution in [3.05, 3.63) is 12.0 Å². The third-order valence-corrected chi connectivity index (χ3v) is 0.247. The average molecular weight is 103 g/mol. The minimum atomic E-state index is -1.44. The zero-order valence-electron chi connectivity index (χ0n) is 3.29. The lowest BCUT2D eigenvalue weighted by atomic mass is 10.6. The summed E-state index contributed by atoms with van der Waals surface area (Å²) in [6.07, 6.45) is 0.167. The van der Waals surface area contributed by atoms with Gasteiger partial charge in [0.15, 0.2) is 0 Å². The molecule has 1 radical (unpaired) electrons. The summed E-state index contributed by atoms with van der Waals surface area (Å²) in [7, 11) is 0. The predicted octanol–water partition coefficient (Wildman–Crippen LogP) is -0.0991. The minimum Gasteiger partial charge on any atom is -0.478 e. The third kappa shape index (κ3) is 4.81. The van der Waals surface area contributed by atoms with Crippen molar-refractivity contribution in [2.75, 3.05) is 0 Å². The second kappa shape index (κ2) is 2.07. The number of carboxylic acid groups (broad SMARTS) is 1. The highest BCUT2D eigenvalue weighted by Crippen LogP contribution is 1.77. The Morgan fingerprint density at radius 1 is 1.43 bits per heavy atom. The number of hydrogen-bond donors (Lipinski definition) is 2. The van der Waals surface area contributed by atoms with Crippen LogP contribution in [0.3, 0.4) is 0 Å². The third-order valence-electron chi connectivity index (χ3n) is 0.247. The number of carboxylic acids is 1. The lowest BCUT2D eigenvalue weighted by Crippen LogP contribution is -1.88. The molecule has 7 heavy (non-hydrogen) atoms. The molecule has 0 saturated carbocycles. The summed E-state index contributed by atoms with van der Waals surface area (Å²) in [5, 5.41) is 24.7. The van der Waals surface area contributed by atoms with Crippen molar-refractivity contribution in [2.24, 2.45) is 0 Å². The average Bonchev–Trinajstić information content (AvgIpc) is 1.27. The SMILES string of the molecule is [O]C(O)=CC(=O)O. The highest BCUT2D eigenvalue weighted by Gasteiger charge is 1.91. The molecule has 0 aromatic carbocycles. The first-order valence-electron chi connectivity index (χ1n) is 1.43. The van der Waals surface area contributed by atoms with Crippen LogP contribution in [-0.4, -0.2) is 16.2 Å². The summed E-state index contributed by atoms with van der Waals surface area (Å²) in [6.45, 7) is 0. The van der Waals surface area contributed by atoms with Crippen LogP contribution in [-0.2, 0) is 9.90 Å². The van der Waals surface area contributed by atoms with Crippen molar-refractivity contribution in [1.29, 1.82) is 0 Å². The van der Waals surface area contributed by atoms with Crippen LogP contribution >= 0.6 is 0 Å². The fraction of sp³-hybridized carbons (Fsp3) is 0. The van der Waals surface area contributed by atoms with E-state index >= 15 is 0 Å². The van der Waals surface area contributed by atoms with Crippen molar-refractivity contribution in [3.63, 3.8) is 0 Å². The normalized spacial score (nSPS) is 11.1. The highest BCUT2D eigenvalue weighted by molar-refractivity contribution is 5.79. The molecule has 0 spiro atoms. The predicted molar refractivity (Wildman–Crippen MR) is 19.0 cm³/mol. The van der Waals surface area contributed by atoms with Gasteiger partial charge in [-0.25, -0.2) is 9.90 Å². The summed E-state index contributed by atoms with van der Waals surface area (Å²) >= 11 is 0. The molecule has 0 heterocycles. The second-order valence-corrected chi connectivity index (χ2v) is 0.821. The van der Waals surface area contributed by atoms with Crippen LogP contribution in [0.5, 0.6) is 0 Å². The first kappa shape index (κ1) is 5.81. The Labute approximate surface area is 39.3 Å². The number of rotatable bonds is 1. The van der Waals surface area contributed by atoms with Crippen LogP contribution < -0.4 is 0 Å². The quantitative estimate of drug-likeness (QED) is 0.359. The molecule has 0 aromatic rings. The van der Waals surface area contributed by atoms with E-state index in [-0.39, 0.29) is 6.08 Å². The van der Waals surface area contributed by atoms with E-state index in [0.29, 0.717) is 0 Å². The van der Waals surface area contributed by atoms with Gasteiger partial charge >= 0.3 is 11.9 Å². The maximum Gasteiger partial charge on any atom is 0.335 e. The van der Waals surface area contributed by atoms with Gasteiger partial charge in [0.1, 0.15) is 6.08 Å². The van der Waals surface area contributed by atoms with Crippen LogP contribution in [0.2, 0.25) is 0 Å². The maximum absolute atomic E-state index is 9.37. The minimum absolute atomic E-state index is 0.167. The van der Waals surface area contributed by atoms with Gasteiger partial charge in [-0.3, -0.25) is 0 Å². The van der Waals surface area contributed by atoms with Crippen LogP contribution in [0.15, 0.2) is 12.0 Å². The standard InChI is InChI=1S/C3H3O4/c4-2(5)1-3(6)7/h1,4H,(H,6,7). The zero-order chi connectivity index (χ0) is 5.86. The van der Waals surface area contributed by atoms with Crippen molar-refractivity contribution in [3.8, 4) is 0 Å². The van der Waals surface area contributed by atoms with E-state index in [1.807, 2.05) is 0 Å². The Bertz CT molecular complexity index is 99.5. The summed E-state index contributed by atoms with van der Waals surface area (Å²) in [4.78, 5) is 9.37. The van der Waals surface area contributed by atoms with E-state index in [4.69, 9.17) is 10.2 Å². The highest BCUT2D eigenvalue weighted by atomic mass is 16.5. The molecule has 0 bridgehead atoms. The first-order valence-corrected chi connectivity index (χ1v) is 1.43. The van der Waals surface area contributed by atoms with Gasteiger partial charge < -0.3 is 10.2 Å². The molecule has 0 aliphatic heterocycles. The molecule has 0 fully saturated rings. The molecular formula is C3H3O4. The number of carbonyl (C=O) groups is 1. The summed E-state index contributed by atoms with van der Waals surface area (Å²) in [6, 6.07) is 0. The van der Waals surface area contributed by atoms with E-state index < -0.39 is 11.9 Å². The van der Waals surface area contributed by atoms with Gasteiger partial charge in [0.05, 0.1) is 0 Å². The van der Waals surface area contributed by atoms with Crippen LogP contribution in [0, 0.1) is 0 Å². The molecule has 39 valence electrons. The Morgan fingerprint density at radius 3 is 1.86 bits per heavy atom. The molecule has 0 aromatic heterocycles. The number of aliphatic hydroxyl groups excluding tert-OH is 1. The Morgan fingerprint density at radius 2 is 1.86 bits per heavy atom. The Hall–Kier alpha value is -1.19. The van der Waals surface area contributed by atoms with Crippen LogP contribution in [0.4, 0.5) is 0 Å². The van der Waals surface area contributed by atoms with E-state index in [9.17, 15) is 9.90 Å². The largest absolute Gasteiger partial charge is 0.478 e. The van der Waals surface area contributed by atoms with Gasteiger partial charge in [-0.2, -0.15) is 0 Å². The molecular weight excluding hydrogens is 100 g/mol. The van der Waals surface area contributed by atoms with Gasteiger partial charge in [-0.1, -0.05) is 0 Å². The summed E-state index contributed by atoms with van der Waals surface area (Å²) in [5.41, 5.74) is 0. The van der Waals surface area contributed by atoms with Crippen molar-refractivity contribution < 1.29 is 20.1 Å². The molecule has 2 N–H and O–H groups in total. The molecule has 0 aliphatic carbocycles. The summed E-state index contributed by atoms with van der Waals surface area (Å²) in [5.74, 6) is -2.87. The maximum atomic E-state index is 9.37. The Balaban J connectivity index is 3.68. The van der Waals surface area contributed by atoms with E-state index in [2.05, 4.69) is 0 Å². The lowest BCUT2D eigenvalue weighted by molar-refractivity contribution is -0.131. The monoisotopic (exact) mass is 103 g/mol. The molecule has 0 aliphatic rings.